The molecule has 0 radical (unpaired) electrons. The van der Waals surface area contributed by atoms with E-state index in [0.717, 1.165) is 38.5 Å². The molecular weight excluding hydrogens is 344 g/mol. The number of carbonyl (C=O) groups is 1. The van der Waals surface area contributed by atoms with Gasteiger partial charge in [0, 0.05) is 47.9 Å². The van der Waals surface area contributed by atoms with E-state index in [2.05, 4.69) is 35.2 Å². The minimum absolute atomic E-state index is 0.0883. The number of carbonyl (C=O) groups excluding carboxylic acids is 1. The average molecular weight is 366 g/mol. The van der Waals surface area contributed by atoms with Crippen molar-refractivity contribution in [3.63, 3.8) is 0 Å². The van der Waals surface area contributed by atoms with Crippen LogP contribution < -0.4 is 4.74 Å². The maximum atomic E-state index is 12.7. The lowest BCUT2D eigenvalue weighted by molar-refractivity contribution is 0.0629. The number of hydrogen-bond acceptors (Lipinski definition) is 4. The summed E-state index contributed by atoms with van der Waals surface area (Å²) in [6.45, 7) is 4.30. The van der Waals surface area contributed by atoms with Crippen LogP contribution in [0.2, 0.25) is 0 Å². The number of rotatable bonds is 4. The summed E-state index contributed by atoms with van der Waals surface area (Å²) in [7, 11) is 1.62. The minimum atomic E-state index is 0.0883. The molecule has 1 aromatic heterocycles. The van der Waals surface area contributed by atoms with E-state index in [-0.39, 0.29) is 5.91 Å². The van der Waals surface area contributed by atoms with Crippen LogP contribution >= 0.6 is 11.3 Å². The Labute approximate surface area is 157 Å². The number of methoxy groups -OCH3 is 1. The molecule has 1 aliphatic rings. The zero-order valence-corrected chi connectivity index (χ0v) is 15.7. The first kappa shape index (κ1) is 17.1. The Balaban J connectivity index is 1.36. The summed E-state index contributed by atoms with van der Waals surface area (Å²) in [5.74, 6) is 0.810. The molecule has 1 fully saturated rings. The summed E-state index contributed by atoms with van der Waals surface area (Å²) in [5.41, 5.74) is 0.697. The zero-order chi connectivity index (χ0) is 17.9. The Morgan fingerprint density at radius 1 is 1.04 bits per heavy atom. The van der Waals surface area contributed by atoms with Gasteiger partial charge in [-0.05, 0) is 35.7 Å². The molecule has 4 rings (SSSR count). The second-order valence-corrected chi connectivity index (χ2v) is 7.72. The third kappa shape index (κ3) is 3.59. The van der Waals surface area contributed by atoms with Gasteiger partial charge in [-0.25, -0.2) is 0 Å². The van der Waals surface area contributed by atoms with Crippen LogP contribution in [0.15, 0.2) is 54.6 Å². The number of hydrogen-bond donors (Lipinski definition) is 0. The Kier molecular flexibility index (Phi) is 4.91. The number of amides is 1. The van der Waals surface area contributed by atoms with Crippen LogP contribution in [0.1, 0.15) is 15.2 Å². The molecule has 0 aliphatic carbocycles. The van der Waals surface area contributed by atoms with E-state index in [1.807, 2.05) is 40.5 Å². The van der Waals surface area contributed by atoms with Crippen LogP contribution in [0.25, 0.3) is 10.1 Å². The SMILES string of the molecule is COc1cccc(C(=O)N2CCN(Cc3cc4ccccc4s3)CC2)c1. The molecule has 0 N–H and O–H groups in total. The minimum Gasteiger partial charge on any atom is -0.497 e. The highest BCUT2D eigenvalue weighted by Crippen LogP contribution is 2.26. The van der Waals surface area contributed by atoms with Crippen molar-refractivity contribution in [2.45, 2.75) is 6.54 Å². The molecule has 3 aromatic rings. The maximum absolute atomic E-state index is 12.7. The van der Waals surface area contributed by atoms with Gasteiger partial charge in [0.1, 0.15) is 5.75 Å². The fourth-order valence-corrected chi connectivity index (χ4v) is 4.49. The fraction of sp³-hybridized carbons (Fsp3) is 0.286. The third-order valence-electron chi connectivity index (χ3n) is 4.83. The molecule has 0 atom stereocenters. The van der Waals surface area contributed by atoms with Gasteiger partial charge in [-0.2, -0.15) is 0 Å². The number of ether oxygens (including phenoxy) is 1. The third-order valence-corrected chi connectivity index (χ3v) is 5.93. The van der Waals surface area contributed by atoms with Gasteiger partial charge in [-0.3, -0.25) is 9.69 Å². The molecule has 0 unspecified atom stereocenters. The number of benzene rings is 2. The van der Waals surface area contributed by atoms with Crippen molar-refractivity contribution in [1.29, 1.82) is 0 Å². The smallest absolute Gasteiger partial charge is 0.254 e. The van der Waals surface area contributed by atoms with E-state index in [1.165, 1.54) is 15.0 Å². The van der Waals surface area contributed by atoms with Crippen molar-refractivity contribution in [3.05, 3.63) is 65.0 Å². The number of thiophene rings is 1. The maximum Gasteiger partial charge on any atom is 0.254 e. The van der Waals surface area contributed by atoms with Crippen LogP contribution in [0.3, 0.4) is 0 Å². The van der Waals surface area contributed by atoms with Gasteiger partial charge in [0.2, 0.25) is 0 Å². The first-order valence-electron chi connectivity index (χ1n) is 8.86. The monoisotopic (exact) mass is 366 g/mol. The Bertz CT molecular complexity index is 880. The van der Waals surface area contributed by atoms with Gasteiger partial charge in [-0.1, -0.05) is 24.3 Å². The lowest BCUT2D eigenvalue weighted by atomic mass is 10.1. The first-order valence-corrected chi connectivity index (χ1v) is 9.68. The van der Waals surface area contributed by atoms with Crippen LogP contribution in [0.4, 0.5) is 0 Å². The molecule has 0 bridgehead atoms. The predicted octanol–water partition coefficient (Wildman–Crippen LogP) is 3.87. The van der Waals surface area contributed by atoms with Crippen molar-refractivity contribution < 1.29 is 9.53 Å². The van der Waals surface area contributed by atoms with E-state index in [4.69, 9.17) is 4.74 Å². The molecular formula is C21H22N2O2S. The molecule has 2 aromatic carbocycles. The molecule has 5 heteroatoms. The van der Waals surface area contributed by atoms with Crippen molar-refractivity contribution in [2.75, 3.05) is 33.3 Å². The molecule has 134 valence electrons. The highest BCUT2D eigenvalue weighted by Gasteiger charge is 2.22. The number of fused-ring (bicyclic) bond motifs is 1. The molecule has 1 saturated heterocycles. The Morgan fingerprint density at radius 3 is 2.62 bits per heavy atom. The zero-order valence-electron chi connectivity index (χ0n) is 14.9. The average Bonchev–Trinajstić information content (AvgIpc) is 3.10. The summed E-state index contributed by atoms with van der Waals surface area (Å²) in [4.78, 5) is 18.5. The predicted molar refractivity (Wildman–Crippen MR) is 106 cm³/mol. The first-order chi connectivity index (χ1) is 12.7. The fourth-order valence-electron chi connectivity index (χ4n) is 3.38. The number of nitrogens with zero attached hydrogens (tertiary/aromatic N) is 2. The highest BCUT2D eigenvalue weighted by molar-refractivity contribution is 7.19. The van der Waals surface area contributed by atoms with E-state index < -0.39 is 0 Å². The van der Waals surface area contributed by atoms with Crippen molar-refractivity contribution in [1.82, 2.24) is 9.80 Å². The van der Waals surface area contributed by atoms with Crippen molar-refractivity contribution in [3.8, 4) is 5.75 Å². The summed E-state index contributed by atoms with van der Waals surface area (Å²) in [6.07, 6.45) is 0. The largest absolute Gasteiger partial charge is 0.497 e. The quantitative estimate of drug-likeness (QED) is 0.703. The normalized spacial score (nSPS) is 15.3. The second-order valence-electron chi connectivity index (χ2n) is 6.55. The molecule has 26 heavy (non-hydrogen) atoms. The van der Waals surface area contributed by atoms with Gasteiger partial charge in [0.15, 0.2) is 0 Å². The van der Waals surface area contributed by atoms with Crippen molar-refractivity contribution >= 4 is 27.3 Å². The van der Waals surface area contributed by atoms with E-state index in [1.54, 1.807) is 7.11 Å². The Hall–Kier alpha value is -2.37. The van der Waals surface area contributed by atoms with E-state index >= 15 is 0 Å². The second kappa shape index (κ2) is 7.48. The topological polar surface area (TPSA) is 32.8 Å². The molecule has 0 spiro atoms. The number of piperazine rings is 1. The Morgan fingerprint density at radius 2 is 1.85 bits per heavy atom. The van der Waals surface area contributed by atoms with Gasteiger partial charge < -0.3 is 9.64 Å². The van der Waals surface area contributed by atoms with Crippen molar-refractivity contribution in [2.24, 2.45) is 0 Å². The van der Waals surface area contributed by atoms with Gasteiger partial charge in [0.25, 0.3) is 5.91 Å². The molecule has 4 nitrogen and oxygen atoms in total. The standard InChI is InChI=1S/C21H22N2O2S/c1-25-18-7-4-6-17(13-18)21(24)23-11-9-22(10-12-23)15-19-14-16-5-2-3-8-20(16)26-19/h2-8,13-14H,9-12,15H2,1H3. The summed E-state index contributed by atoms with van der Waals surface area (Å²) >= 11 is 1.86. The molecule has 1 amide bonds. The van der Waals surface area contributed by atoms with Gasteiger partial charge >= 0.3 is 0 Å². The van der Waals surface area contributed by atoms with Gasteiger partial charge in [-0.15, -0.1) is 11.3 Å². The van der Waals surface area contributed by atoms with Crippen LogP contribution in [-0.2, 0) is 6.54 Å². The summed E-state index contributed by atoms with van der Waals surface area (Å²) < 4.78 is 6.56. The van der Waals surface area contributed by atoms with E-state index in [9.17, 15) is 4.79 Å². The highest BCUT2D eigenvalue weighted by atomic mass is 32.1. The lowest BCUT2D eigenvalue weighted by Gasteiger charge is -2.34. The summed E-state index contributed by atoms with van der Waals surface area (Å²) in [6, 6.07) is 18.2. The van der Waals surface area contributed by atoms with E-state index in [0.29, 0.717) is 5.56 Å². The van der Waals surface area contributed by atoms with Gasteiger partial charge in [0.05, 0.1) is 7.11 Å². The van der Waals surface area contributed by atoms with Crippen LogP contribution in [0.5, 0.6) is 5.75 Å². The van der Waals surface area contributed by atoms with Crippen LogP contribution in [-0.4, -0.2) is 49.0 Å². The summed E-state index contributed by atoms with van der Waals surface area (Å²) in [5, 5.41) is 1.32. The lowest BCUT2D eigenvalue weighted by Crippen LogP contribution is -2.48. The molecule has 1 aliphatic heterocycles. The van der Waals surface area contributed by atoms with Crippen LogP contribution in [0, 0.1) is 0 Å². The molecule has 0 saturated carbocycles. The molecule has 2 heterocycles.